The molecule has 0 fully saturated rings. The van der Waals surface area contributed by atoms with E-state index in [1.54, 1.807) is 17.8 Å². The third kappa shape index (κ3) is 2.81. The summed E-state index contributed by atoms with van der Waals surface area (Å²) >= 11 is 4.90. The summed E-state index contributed by atoms with van der Waals surface area (Å²) in [4.78, 5) is 24.2. The normalized spacial score (nSPS) is 9.79. The fourth-order valence-electron chi connectivity index (χ4n) is 0.967. The lowest BCUT2D eigenvalue weighted by atomic mass is 10.4. The lowest BCUT2D eigenvalue weighted by Gasteiger charge is -2.04. The number of aryl methyl sites for hydroxylation is 1. The molecule has 0 atom stereocenters. The van der Waals surface area contributed by atoms with Crippen LogP contribution in [0.25, 0.3) is 0 Å². The minimum atomic E-state index is -0.230. The van der Waals surface area contributed by atoms with Crippen molar-refractivity contribution in [3.05, 3.63) is 27.4 Å². The van der Waals surface area contributed by atoms with Gasteiger partial charge in [0.1, 0.15) is 0 Å². The van der Waals surface area contributed by atoms with E-state index in [1.165, 1.54) is 6.07 Å². The molecule has 0 bridgehead atoms. The maximum atomic E-state index is 10.9. The number of nitrogens with zero attached hydrogens (tertiary/aromatic N) is 1. The van der Waals surface area contributed by atoms with Crippen LogP contribution in [0.15, 0.2) is 17.1 Å². The molecule has 0 spiro atoms. The molecule has 1 heterocycles. The van der Waals surface area contributed by atoms with Crippen molar-refractivity contribution in [2.75, 3.05) is 7.05 Å². The number of carbonyl (C=O) groups is 1. The lowest BCUT2D eigenvalue weighted by Crippen LogP contribution is -2.20. The number of nitrogens with one attached hydrogen (secondary N) is 2. The monoisotopic (exact) mass is 213 g/mol. The minimum absolute atomic E-state index is 0.0573. The second-order valence-corrected chi connectivity index (χ2v) is 3.11. The highest BCUT2D eigenvalue weighted by atomic mass is 32.1. The Morgan fingerprint density at radius 1 is 1.71 bits per heavy atom. The van der Waals surface area contributed by atoms with E-state index < -0.39 is 0 Å². The van der Waals surface area contributed by atoms with E-state index in [1.807, 2.05) is 0 Å². The maximum Gasteiger partial charge on any atom is 0.251 e. The van der Waals surface area contributed by atoms with E-state index in [0.717, 1.165) is 0 Å². The number of H-pyrrole nitrogens is 1. The molecule has 14 heavy (non-hydrogen) atoms. The summed E-state index contributed by atoms with van der Waals surface area (Å²) in [5.41, 5.74) is -0.230. The van der Waals surface area contributed by atoms with Crippen LogP contribution in [0.5, 0.6) is 0 Å². The van der Waals surface area contributed by atoms with Crippen molar-refractivity contribution in [3.63, 3.8) is 0 Å². The van der Waals surface area contributed by atoms with E-state index in [4.69, 9.17) is 12.2 Å². The molecule has 1 aromatic heterocycles. The molecule has 0 aliphatic carbocycles. The van der Waals surface area contributed by atoms with Gasteiger partial charge in [-0.3, -0.25) is 14.6 Å². The minimum Gasteiger partial charge on any atom is -0.359 e. The molecular weight excluding hydrogens is 202 g/mol. The predicted molar refractivity (Wildman–Crippen MR) is 54.6 cm³/mol. The van der Waals surface area contributed by atoms with Gasteiger partial charge in [-0.15, -0.1) is 0 Å². The molecular formula is C8H11N3O2S. The zero-order valence-corrected chi connectivity index (χ0v) is 8.56. The quantitative estimate of drug-likeness (QED) is 0.697. The molecule has 0 aromatic carbocycles. The average molecular weight is 213 g/mol. The second-order valence-electron chi connectivity index (χ2n) is 2.73. The van der Waals surface area contributed by atoms with Crippen LogP contribution in [0.3, 0.4) is 0 Å². The highest BCUT2D eigenvalue weighted by Gasteiger charge is 1.98. The van der Waals surface area contributed by atoms with Gasteiger partial charge in [0.15, 0.2) is 4.77 Å². The topological polar surface area (TPSA) is 66.9 Å². The van der Waals surface area contributed by atoms with Crippen LogP contribution in [0.4, 0.5) is 0 Å². The van der Waals surface area contributed by atoms with Gasteiger partial charge in [-0.25, -0.2) is 0 Å². The smallest absolute Gasteiger partial charge is 0.251 e. The summed E-state index contributed by atoms with van der Waals surface area (Å²) in [5.74, 6) is -0.0573. The van der Waals surface area contributed by atoms with E-state index in [0.29, 0.717) is 17.7 Å². The molecule has 76 valence electrons. The molecule has 2 N–H and O–H groups in total. The van der Waals surface area contributed by atoms with Crippen molar-refractivity contribution in [2.24, 2.45) is 0 Å². The first-order valence-electron chi connectivity index (χ1n) is 4.14. The summed E-state index contributed by atoms with van der Waals surface area (Å²) in [7, 11) is 1.58. The standard InChI is InChI=1S/C8H11N3O2S/c1-9-6(12)2-4-11-5-3-7(13)10-8(11)14/h3,5H,2,4H2,1H3,(H,9,12)(H,10,13,14). The van der Waals surface area contributed by atoms with E-state index in [2.05, 4.69) is 10.3 Å². The summed E-state index contributed by atoms with van der Waals surface area (Å²) in [5, 5.41) is 2.51. The van der Waals surface area contributed by atoms with Crippen LogP contribution in [-0.4, -0.2) is 22.5 Å². The van der Waals surface area contributed by atoms with Crippen molar-refractivity contribution in [2.45, 2.75) is 13.0 Å². The molecule has 0 radical (unpaired) electrons. The van der Waals surface area contributed by atoms with Gasteiger partial charge in [0, 0.05) is 32.3 Å². The van der Waals surface area contributed by atoms with Crippen molar-refractivity contribution in [1.82, 2.24) is 14.9 Å². The molecule has 0 aliphatic heterocycles. The van der Waals surface area contributed by atoms with Crippen LogP contribution < -0.4 is 10.9 Å². The van der Waals surface area contributed by atoms with Crippen LogP contribution in [0, 0.1) is 4.77 Å². The predicted octanol–water partition coefficient (Wildman–Crippen LogP) is 0.0420. The molecule has 5 nitrogen and oxygen atoms in total. The van der Waals surface area contributed by atoms with Crippen LogP contribution in [0.1, 0.15) is 6.42 Å². The fourth-order valence-corrected chi connectivity index (χ4v) is 1.22. The Hall–Kier alpha value is -1.43. The van der Waals surface area contributed by atoms with Gasteiger partial charge in [0.05, 0.1) is 0 Å². The van der Waals surface area contributed by atoms with Crippen molar-refractivity contribution >= 4 is 18.1 Å². The Morgan fingerprint density at radius 2 is 2.43 bits per heavy atom. The first kappa shape index (κ1) is 10.6. The van der Waals surface area contributed by atoms with Gasteiger partial charge in [-0.1, -0.05) is 0 Å². The number of carbonyl (C=O) groups excluding carboxylic acids is 1. The van der Waals surface area contributed by atoms with Gasteiger partial charge in [0.25, 0.3) is 5.56 Å². The summed E-state index contributed by atoms with van der Waals surface area (Å²) in [6.07, 6.45) is 1.92. The largest absolute Gasteiger partial charge is 0.359 e. The molecule has 1 aromatic rings. The molecule has 0 saturated carbocycles. The van der Waals surface area contributed by atoms with Gasteiger partial charge in [-0.2, -0.15) is 0 Å². The number of hydrogen-bond acceptors (Lipinski definition) is 3. The van der Waals surface area contributed by atoms with E-state index >= 15 is 0 Å². The summed E-state index contributed by atoms with van der Waals surface area (Å²) in [6, 6.07) is 1.37. The Balaban J connectivity index is 2.73. The van der Waals surface area contributed by atoms with Gasteiger partial charge in [-0.05, 0) is 12.2 Å². The number of aromatic amines is 1. The average Bonchev–Trinajstić information content (AvgIpc) is 2.16. The second kappa shape index (κ2) is 4.71. The van der Waals surface area contributed by atoms with Crippen LogP contribution in [0.2, 0.25) is 0 Å². The van der Waals surface area contributed by atoms with Gasteiger partial charge >= 0.3 is 0 Å². The van der Waals surface area contributed by atoms with Crippen molar-refractivity contribution < 1.29 is 4.79 Å². The lowest BCUT2D eigenvalue weighted by molar-refractivity contribution is -0.120. The molecule has 0 saturated heterocycles. The molecule has 0 aliphatic rings. The third-order valence-electron chi connectivity index (χ3n) is 1.76. The highest BCUT2D eigenvalue weighted by Crippen LogP contribution is 1.90. The van der Waals surface area contributed by atoms with E-state index in [-0.39, 0.29) is 11.5 Å². The SMILES string of the molecule is CNC(=O)CCn1ccc(=O)[nH]c1=S. The molecule has 1 rings (SSSR count). The van der Waals surface area contributed by atoms with Gasteiger partial charge in [0.2, 0.25) is 5.91 Å². The Bertz CT molecular complexity index is 435. The summed E-state index contributed by atoms with van der Waals surface area (Å²) < 4.78 is 1.98. The van der Waals surface area contributed by atoms with Crippen molar-refractivity contribution in [3.8, 4) is 0 Å². The van der Waals surface area contributed by atoms with Crippen LogP contribution >= 0.6 is 12.2 Å². The first-order valence-corrected chi connectivity index (χ1v) is 4.54. The van der Waals surface area contributed by atoms with Crippen molar-refractivity contribution in [1.29, 1.82) is 0 Å². The Kier molecular flexibility index (Phi) is 3.58. The number of rotatable bonds is 3. The summed E-state index contributed by atoms with van der Waals surface area (Å²) in [6.45, 7) is 0.468. The van der Waals surface area contributed by atoms with Gasteiger partial charge < -0.3 is 9.88 Å². The zero-order chi connectivity index (χ0) is 10.6. The highest BCUT2D eigenvalue weighted by molar-refractivity contribution is 7.71. The van der Waals surface area contributed by atoms with Crippen LogP contribution in [-0.2, 0) is 11.3 Å². The number of amides is 1. The third-order valence-corrected chi connectivity index (χ3v) is 2.09. The molecule has 6 heteroatoms. The molecule has 1 amide bonds. The fraction of sp³-hybridized carbons (Fsp3) is 0.375. The first-order chi connectivity index (χ1) is 6.63. The number of aromatic nitrogens is 2. The Labute approximate surface area is 85.8 Å². The zero-order valence-electron chi connectivity index (χ0n) is 7.74. The maximum absolute atomic E-state index is 10.9. The molecule has 0 unspecified atom stereocenters. The number of hydrogen-bond donors (Lipinski definition) is 2. The Morgan fingerprint density at radius 3 is 3.00 bits per heavy atom. The van der Waals surface area contributed by atoms with E-state index in [9.17, 15) is 9.59 Å².